The quantitative estimate of drug-likeness (QED) is 0.645. The molecule has 1 saturated heterocycles. The summed E-state index contributed by atoms with van der Waals surface area (Å²) in [5, 5.41) is 6.96. The zero-order valence-electron chi connectivity index (χ0n) is 15.0. The Bertz CT molecular complexity index is 530. The molecule has 0 bridgehead atoms. The molecule has 1 aliphatic rings. The fourth-order valence-corrected chi connectivity index (χ4v) is 2.95. The van der Waals surface area contributed by atoms with Crippen LogP contribution in [-0.2, 0) is 6.54 Å². The summed E-state index contributed by atoms with van der Waals surface area (Å²) >= 11 is 0. The van der Waals surface area contributed by atoms with Crippen LogP contribution in [0.25, 0.3) is 0 Å². The fourth-order valence-electron chi connectivity index (χ4n) is 2.95. The molecule has 0 amide bonds. The number of guanidine groups is 1. The molecule has 23 heavy (non-hydrogen) atoms. The fraction of sp³-hybridized carbons (Fsp3) is 0.611. The van der Waals surface area contributed by atoms with Crippen LogP contribution in [0.15, 0.2) is 29.3 Å². The van der Waals surface area contributed by atoms with Crippen LogP contribution >= 0.6 is 0 Å². The van der Waals surface area contributed by atoms with Gasteiger partial charge in [-0.3, -0.25) is 9.89 Å². The van der Waals surface area contributed by atoms with Crippen molar-refractivity contribution in [2.45, 2.75) is 39.4 Å². The second-order valence-electron chi connectivity index (χ2n) is 6.55. The zero-order chi connectivity index (χ0) is 16.8. The molecule has 2 atom stereocenters. The van der Waals surface area contributed by atoms with E-state index in [4.69, 9.17) is 4.74 Å². The molecule has 5 heteroatoms. The van der Waals surface area contributed by atoms with Crippen LogP contribution in [0.4, 0.5) is 0 Å². The minimum atomic E-state index is 0.439. The third kappa shape index (κ3) is 4.86. The molecule has 1 fully saturated rings. The third-order valence-corrected chi connectivity index (χ3v) is 4.51. The van der Waals surface area contributed by atoms with E-state index in [-0.39, 0.29) is 0 Å². The van der Waals surface area contributed by atoms with Gasteiger partial charge in [-0.2, -0.15) is 0 Å². The number of nitrogens with one attached hydrogen (secondary N) is 2. The lowest BCUT2D eigenvalue weighted by atomic mass is 10.1. The van der Waals surface area contributed by atoms with Crippen molar-refractivity contribution in [1.29, 1.82) is 0 Å². The molecule has 1 aliphatic heterocycles. The normalized spacial score (nSPS) is 22.4. The largest absolute Gasteiger partial charge is 0.497 e. The lowest BCUT2D eigenvalue weighted by Gasteiger charge is -2.22. The second-order valence-corrected chi connectivity index (χ2v) is 6.55. The summed E-state index contributed by atoms with van der Waals surface area (Å²) in [6.07, 6.45) is 0. The number of likely N-dealkylation sites (tertiary alicyclic amines) is 1. The average molecular weight is 318 g/mol. The van der Waals surface area contributed by atoms with Crippen molar-refractivity contribution >= 4 is 5.96 Å². The molecule has 2 unspecified atom stereocenters. The molecule has 1 aromatic rings. The standard InChI is InChI=1S/C18H30N4O/c1-13(2)22-11-14(3)17(12-22)21-18(19-4)20-10-15-7-6-8-16(9-15)23-5/h6-9,13-14,17H,10-12H2,1-5H3,(H2,19,20,21). The van der Waals surface area contributed by atoms with E-state index >= 15 is 0 Å². The molecule has 1 aromatic carbocycles. The van der Waals surface area contributed by atoms with E-state index in [0.29, 0.717) is 18.0 Å². The number of methoxy groups -OCH3 is 1. The van der Waals surface area contributed by atoms with Crippen molar-refractivity contribution in [3.63, 3.8) is 0 Å². The molecule has 2 N–H and O–H groups in total. The maximum absolute atomic E-state index is 5.26. The van der Waals surface area contributed by atoms with Gasteiger partial charge in [-0.1, -0.05) is 19.1 Å². The molecular weight excluding hydrogens is 288 g/mol. The van der Waals surface area contributed by atoms with Gasteiger partial charge in [-0.05, 0) is 37.5 Å². The number of aliphatic imine (C=N–C) groups is 1. The number of rotatable bonds is 5. The summed E-state index contributed by atoms with van der Waals surface area (Å²) in [6.45, 7) is 9.75. The molecule has 0 saturated carbocycles. The topological polar surface area (TPSA) is 48.9 Å². The lowest BCUT2D eigenvalue weighted by Crippen LogP contribution is -2.46. The Morgan fingerprint density at radius 2 is 2.17 bits per heavy atom. The predicted octanol–water partition coefficient (Wildman–Crippen LogP) is 2.09. The van der Waals surface area contributed by atoms with Gasteiger partial charge in [0.1, 0.15) is 5.75 Å². The van der Waals surface area contributed by atoms with Gasteiger partial charge in [0.05, 0.1) is 7.11 Å². The molecule has 5 nitrogen and oxygen atoms in total. The molecule has 2 rings (SSSR count). The second kappa shape index (κ2) is 8.20. The van der Waals surface area contributed by atoms with Crippen molar-refractivity contribution in [1.82, 2.24) is 15.5 Å². The van der Waals surface area contributed by atoms with Crippen LogP contribution in [0.2, 0.25) is 0 Å². The van der Waals surface area contributed by atoms with E-state index in [1.807, 2.05) is 25.2 Å². The van der Waals surface area contributed by atoms with Gasteiger partial charge in [0.2, 0.25) is 0 Å². The van der Waals surface area contributed by atoms with Crippen molar-refractivity contribution < 1.29 is 4.74 Å². The summed E-state index contributed by atoms with van der Waals surface area (Å²) in [4.78, 5) is 6.87. The Labute approximate surface area is 140 Å². The number of ether oxygens (including phenoxy) is 1. The van der Waals surface area contributed by atoms with E-state index < -0.39 is 0 Å². The van der Waals surface area contributed by atoms with Gasteiger partial charge >= 0.3 is 0 Å². The Morgan fingerprint density at radius 3 is 2.78 bits per heavy atom. The number of hydrogen-bond donors (Lipinski definition) is 2. The monoisotopic (exact) mass is 318 g/mol. The summed E-state index contributed by atoms with van der Waals surface area (Å²) in [7, 11) is 3.51. The highest BCUT2D eigenvalue weighted by molar-refractivity contribution is 5.80. The first-order valence-corrected chi connectivity index (χ1v) is 8.37. The van der Waals surface area contributed by atoms with Crippen LogP contribution in [0.3, 0.4) is 0 Å². The van der Waals surface area contributed by atoms with Crippen molar-refractivity contribution in [2.24, 2.45) is 10.9 Å². The van der Waals surface area contributed by atoms with Gasteiger partial charge in [-0.15, -0.1) is 0 Å². The maximum Gasteiger partial charge on any atom is 0.191 e. The molecule has 0 spiro atoms. The van der Waals surface area contributed by atoms with Crippen molar-refractivity contribution in [3.05, 3.63) is 29.8 Å². The lowest BCUT2D eigenvalue weighted by molar-refractivity contribution is 0.265. The van der Waals surface area contributed by atoms with Crippen LogP contribution in [0, 0.1) is 5.92 Å². The van der Waals surface area contributed by atoms with E-state index in [1.165, 1.54) is 5.56 Å². The summed E-state index contributed by atoms with van der Waals surface area (Å²) in [6, 6.07) is 9.12. The Morgan fingerprint density at radius 1 is 1.39 bits per heavy atom. The summed E-state index contributed by atoms with van der Waals surface area (Å²) in [5.74, 6) is 2.35. The van der Waals surface area contributed by atoms with Gasteiger partial charge in [0.25, 0.3) is 0 Å². The average Bonchev–Trinajstić information content (AvgIpc) is 2.92. The van der Waals surface area contributed by atoms with E-state index in [1.54, 1.807) is 7.11 Å². The summed E-state index contributed by atoms with van der Waals surface area (Å²) < 4.78 is 5.26. The van der Waals surface area contributed by atoms with Crippen LogP contribution in [0.1, 0.15) is 26.3 Å². The van der Waals surface area contributed by atoms with Gasteiger partial charge in [-0.25, -0.2) is 0 Å². The van der Waals surface area contributed by atoms with Crippen molar-refractivity contribution in [3.8, 4) is 5.75 Å². The Balaban J connectivity index is 1.88. The van der Waals surface area contributed by atoms with E-state index in [9.17, 15) is 0 Å². The molecule has 0 aromatic heterocycles. The molecule has 0 aliphatic carbocycles. The smallest absolute Gasteiger partial charge is 0.191 e. The highest BCUT2D eigenvalue weighted by atomic mass is 16.5. The predicted molar refractivity (Wildman–Crippen MR) is 96.0 cm³/mol. The highest BCUT2D eigenvalue weighted by Gasteiger charge is 2.31. The molecular formula is C18H30N4O. The SMILES string of the molecule is CN=C(NCc1cccc(OC)c1)NC1CN(C(C)C)CC1C. The molecule has 0 radical (unpaired) electrons. The van der Waals surface area contributed by atoms with E-state index in [2.05, 4.69) is 47.4 Å². The third-order valence-electron chi connectivity index (χ3n) is 4.51. The number of hydrogen-bond acceptors (Lipinski definition) is 3. The molecule has 128 valence electrons. The van der Waals surface area contributed by atoms with E-state index in [0.717, 1.165) is 31.3 Å². The zero-order valence-corrected chi connectivity index (χ0v) is 15.0. The van der Waals surface area contributed by atoms with Gasteiger partial charge in [0, 0.05) is 38.8 Å². The minimum Gasteiger partial charge on any atom is -0.497 e. The molecule has 1 heterocycles. The first-order chi connectivity index (χ1) is 11.0. The van der Waals surface area contributed by atoms with Gasteiger partial charge in [0.15, 0.2) is 5.96 Å². The number of benzene rings is 1. The van der Waals surface area contributed by atoms with Crippen LogP contribution in [-0.4, -0.2) is 50.2 Å². The van der Waals surface area contributed by atoms with Crippen LogP contribution in [0.5, 0.6) is 5.75 Å². The first-order valence-electron chi connectivity index (χ1n) is 8.37. The maximum atomic E-state index is 5.26. The van der Waals surface area contributed by atoms with Gasteiger partial charge < -0.3 is 15.4 Å². The number of nitrogens with zero attached hydrogens (tertiary/aromatic N) is 2. The first kappa shape index (κ1) is 17.6. The Hall–Kier alpha value is -1.75. The van der Waals surface area contributed by atoms with Crippen molar-refractivity contribution in [2.75, 3.05) is 27.2 Å². The minimum absolute atomic E-state index is 0.439. The highest BCUT2D eigenvalue weighted by Crippen LogP contribution is 2.18. The Kier molecular flexibility index (Phi) is 6.28. The summed E-state index contributed by atoms with van der Waals surface area (Å²) in [5.41, 5.74) is 1.18. The van der Waals surface area contributed by atoms with Crippen LogP contribution < -0.4 is 15.4 Å².